The molecule has 0 spiro atoms. The Morgan fingerprint density at radius 2 is 1.75 bits per heavy atom. The van der Waals surface area contributed by atoms with Gasteiger partial charge >= 0.3 is 0 Å². The molecule has 0 aliphatic rings. The van der Waals surface area contributed by atoms with E-state index in [0.29, 0.717) is 0 Å². The number of aryl methyl sites for hydroxylation is 2. The summed E-state index contributed by atoms with van der Waals surface area (Å²) in [5.41, 5.74) is 9.58. The van der Waals surface area contributed by atoms with Crippen LogP contribution in [0.2, 0.25) is 0 Å². The van der Waals surface area contributed by atoms with Gasteiger partial charge in [-0.15, -0.1) is 0 Å². The van der Waals surface area contributed by atoms with E-state index in [1.807, 2.05) is 6.92 Å². The fourth-order valence-corrected chi connectivity index (χ4v) is 1.97. The van der Waals surface area contributed by atoms with Gasteiger partial charge in [-0.25, -0.2) is 0 Å². The molecule has 1 rings (SSSR count). The van der Waals surface area contributed by atoms with Gasteiger partial charge in [0.05, 0.1) is 0 Å². The second kappa shape index (κ2) is 3.58. The molecule has 0 saturated heterocycles. The number of rotatable bonds is 1. The van der Waals surface area contributed by atoms with Crippen molar-refractivity contribution in [1.29, 1.82) is 0 Å². The van der Waals surface area contributed by atoms with E-state index in [1.54, 1.807) is 0 Å². The van der Waals surface area contributed by atoms with Crippen LogP contribution in [0, 0.1) is 13.8 Å². The van der Waals surface area contributed by atoms with Gasteiger partial charge in [-0.3, -0.25) is 0 Å². The van der Waals surface area contributed by atoms with Crippen LogP contribution in [0.4, 0.5) is 0 Å². The summed E-state index contributed by atoms with van der Waals surface area (Å²) in [4.78, 5) is 0. The van der Waals surface area contributed by atoms with Gasteiger partial charge in [0.2, 0.25) is 0 Å². The van der Waals surface area contributed by atoms with Crippen molar-refractivity contribution in [3.8, 4) is 0 Å². The molecule has 0 aliphatic carbocycles. The number of nitrogens with two attached hydrogens (primary N) is 1. The molecule has 66 valence electrons. The average Bonchev–Trinajstić information content (AvgIpc) is 1.96. The molecule has 1 atom stereocenters. The van der Waals surface area contributed by atoms with Crippen molar-refractivity contribution in [2.24, 2.45) is 5.73 Å². The molecular weight excluding hydrogens is 214 g/mol. The Hall–Kier alpha value is -0.340. The van der Waals surface area contributed by atoms with E-state index in [-0.39, 0.29) is 6.04 Å². The molecule has 0 bridgehead atoms. The summed E-state index contributed by atoms with van der Waals surface area (Å²) in [6, 6.07) is 4.36. The highest BCUT2D eigenvalue weighted by molar-refractivity contribution is 9.10. The van der Waals surface area contributed by atoms with Crippen LogP contribution in [0.1, 0.15) is 29.7 Å². The smallest absolute Gasteiger partial charge is 0.0277 e. The summed E-state index contributed by atoms with van der Waals surface area (Å²) >= 11 is 3.50. The maximum absolute atomic E-state index is 5.80. The third-order valence-electron chi connectivity index (χ3n) is 2.10. The fraction of sp³-hybridized carbons (Fsp3) is 0.400. The van der Waals surface area contributed by atoms with Crippen molar-refractivity contribution in [3.05, 3.63) is 33.3 Å². The molecule has 1 aromatic rings. The van der Waals surface area contributed by atoms with E-state index in [1.165, 1.54) is 16.7 Å². The second-order valence-electron chi connectivity index (χ2n) is 3.25. The van der Waals surface area contributed by atoms with Crippen LogP contribution in [0.3, 0.4) is 0 Å². The molecule has 0 aromatic heterocycles. The maximum atomic E-state index is 5.80. The Balaban J connectivity index is 3.23. The highest BCUT2D eigenvalue weighted by Crippen LogP contribution is 2.25. The Morgan fingerprint density at radius 3 is 2.25 bits per heavy atom. The lowest BCUT2D eigenvalue weighted by atomic mass is 10.0. The lowest BCUT2D eigenvalue weighted by Gasteiger charge is -2.11. The minimum atomic E-state index is 0.0960. The minimum absolute atomic E-state index is 0.0960. The van der Waals surface area contributed by atoms with E-state index in [4.69, 9.17) is 5.73 Å². The monoisotopic (exact) mass is 227 g/mol. The second-order valence-corrected chi connectivity index (χ2v) is 4.10. The van der Waals surface area contributed by atoms with Crippen molar-refractivity contribution in [1.82, 2.24) is 0 Å². The summed E-state index contributed by atoms with van der Waals surface area (Å²) in [6.45, 7) is 6.20. The first-order valence-electron chi connectivity index (χ1n) is 4.04. The topological polar surface area (TPSA) is 26.0 Å². The highest BCUT2D eigenvalue weighted by Gasteiger charge is 2.06. The van der Waals surface area contributed by atoms with Crippen molar-refractivity contribution in [2.75, 3.05) is 0 Å². The van der Waals surface area contributed by atoms with E-state index in [9.17, 15) is 0 Å². The molecule has 0 fully saturated rings. The van der Waals surface area contributed by atoms with E-state index in [2.05, 4.69) is 41.9 Å². The lowest BCUT2D eigenvalue weighted by Crippen LogP contribution is -2.06. The van der Waals surface area contributed by atoms with E-state index >= 15 is 0 Å². The summed E-state index contributed by atoms with van der Waals surface area (Å²) in [6.07, 6.45) is 0. The van der Waals surface area contributed by atoms with Crippen molar-refractivity contribution in [3.63, 3.8) is 0 Å². The SMILES string of the molecule is Cc1cc(Br)c(C(C)N)cc1C. The molecule has 0 aliphatic heterocycles. The third-order valence-corrected chi connectivity index (χ3v) is 2.79. The molecule has 0 radical (unpaired) electrons. The Labute approximate surface area is 82.1 Å². The van der Waals surface area contributed by atoms with Crippen molar-refractivity contribution >= 4 is 15.9 Å². The van der Waals surface area contributed by atoms with Gasteiger partial charge in [-0.05, 0) is 43.5 Å². The van der Waals surface area contributed by atoms with Crippen LogP contribution in [-0.2, 0) is 0 Å². The van der Waals surface area contributed by atoms with Gasteiger partial charge in [0.15, 0.2) is 0 Å². The van der Waals surface area contributed by atoms with Crippen LogP contribution in [0.25, 0.3) is 0 Å². The molecule has 0 heterocycles. The van der Waals surface area contributed by atoms with E-state index in [0.717, 1.165) is 4.47 Å². The summed E-state index contributed by atoms with van der Waals surface area (Å²) < 4.78 is 1.11. The molecule has 0 amide bonds. The summed E-state index contributed by atoms with van der Waals surface area (Å²) in [5, 5.41) is 0. The number of halogens is 1. The highest BCUT2D eigenvalue weighted by atomic mass is 79.9. The molecule has 1 aromatic carbocycles. The summed E-state index contributed by atoms with van der Waals surface area (Å²) in [7, 11) is 0. The summed E-state index contributed by atoms with van der Waals surface area (Å²) in [5.74, 6) is 0. The van der Waals surface area contributed by atoms with Crippen LogP contribution < -0.4 is 5.73 Å². The largest absolute Gasteiger partial charge is 0.324 e. The van der Waals surface area contributed by atoms with Crippen LogP contribution in [0.5, 0.6) is 0 Å². The molecule has 0 saturated carbocycles. The first-order chi connectivity index (χ1) is 5.52. The quantitative estimate of drug-likeness (QED) is 0.785. The molecule has 1 nitrogen and oxygen atoms in total. The van der Waals surface area contributed by atoms with Crippen molar-refractivity contribution < 1.29 is 0 Å². The molecule has 12 heavy (non-hydrogen) atoms. The number of hydrogen-bond acceptors (Lipinski definition) is 1. The molecule has 1 unspecified atom stereocenters. The lowest BCUT2D eigenvalue weighted by molar-refractivity contribution is 0.811. The molecule has 2 N–H and O–H groups in total. The van der Waals surface area contributed by atoms with Gasteiger partial charge < -0.3 is 5.73 Å². The molecular formula is C10H14BrN. The first kappa shape index (κ1) is 9.75. The van der Waals surface area contributed by atoms with E-state index < -0.39 is 0 Å². The zero-order valence-corrected chi connectivity index (χ0v) is 9.27. The minimum Gasteiger partial charge on any atom is -0.324 e. The zero-order valence-electron chi connectivity index (χ0n) is 7.69. The van der Waals surface area contributed by atoms with Crippen LogP contribution in [0.15, 0.2) is 16.6 Å². The number of benzene rings is 1. The average molecular weight is 228 g/mol. The van der Waals surface area contributed by atoms with Crippen LogP contribution in [-0.4, -0.2) is 0 Å². The normalized spacial score (nSPS) is 13.1. The Bertz CT molecular complexity index is 292. The van der Waals surface area contributed by atoms with Gasteiger partial charge in [-0.1, -0.05) is 22.0 Å². The Morgan fingerprint density at radius 1 is 1.25 bits per heavy atom. The van der Waals surface area contributed by atoms with Gasteiger partial charge in [0.25, 0.3) is 0 Å². The van der Waals surface area contributed by atoms with Gasteiger partial charge in [0, 0.05) is 10.5 Å². The third kappa shape index (κ3) is 1.87. The fourth-order valence-electron chi connectivity index (χ4n) is 1.15. The molecule has 2 heteroatoms. The first-order valence-corrected chi connectivity index (χ1v) is 4.84. The maximum Gasteiger partial charge on any atom is 0.0277 e. The van der Waals surface area contributed by atoms with Gasteiger partial charge in [-0.2, -0.15) is 0 Å². The predicted octanol–water partition coefficient (Wildman–Crippen LogP) is 3.09. The zero-order chi connectivity index (χ0) is 9.30. The van der Waals surface area contributed by atoms with Crippen molar-refractivity contribution in [2.45, 2.75) is 26.8 Å². The number of hydrogen-bond donors (Lipinski definition) is 1. The standard InChI is InChI=1S/C10H14BrN/c1-6-4-9(8(3)12)10(11)5-7(6)2/h4-5,8H,12H2,1-3H3. The van der Waals surface area contributed by atoms with Crippen LogP contribution >= 0.6 is 15.9 Å². The Kier molecular flexibility index (Phi) is 2.91. The van der Waals surface area contributed by atoms with Gasteiger partial charge in [0.1, 0.15) is 0 Å². The predicted molar refractivity (Wildman–Crippen MR) is 56.2 cm³/mol.